The van der Waals surface area contributed by atoms with E-state index >= 15 is 0 Å². The van der Waals surface area contributed by atoms with E-state index in [4.69, 9.17) is 14.2 Å². The van der Waals surface area contributed by atoms with Crippen molar-refractivity contribution in [1.29, 1.82) is 0 Å². The lowest BCUT2D eigenvalue weighted by Crippen LogP contribution is -2.31. The van der Waals surface area contributed by atoms with Crippen molar-refractivity contribution in [2.75, 3.05) is 13.2 Å². The molecular weight excluding hydrogens is 600 g/mol. The minimum atomic E-state index is -0.842. The summed E-state index contributed by atoms with van der Waals surface area (Å²) in [5.41, 5.74) is 0.452. The smallest absolute Gasteiger partial charge is 0.338 e. The Morgan fingerprint density at radius 1 is 0.500 bits per heavy atom. The maximum Gasteiger partial charge on any atom is 0.338 e. The second-order valence-corrected chi connectivity index (χ2v) is 13.5. The molecule has 0 aliphatic heterocycles. The van der Waals surface area contributed by atoms with Gasteiger partial charge in [-0.3, -0.25) is 9.59 Å². The summed E-state index contributed by atoms with van der Waals surface area (Å²) in [4.78, 5) is 38.3. The first-order chi connectivity index (χ1) is 23.5. The zero-order chi connectivity index (χ0) is 34.5. The third kappa shape index (κ3) is 19.8. The van der Waals surface area contributed by atoms with Gasteiger partial charge in [-0.1, -0.05) is 179 Å². The van der Waals surface area contributed by atoms with Crippen LogP contribution in [-0.4, -0.2) is 37.2 Å². The normalized spacial score (nSPS) is 11.8. The van der Waals surface area contributed by atoms with Crippen molar-refractivity contribution >= 4 is 28.7 Å². The van der Waals surface area contributed by atoms with E-state index in [9.17, 15) is 14.4 Å². The molecule has 270 valence electrons. The van der Waals surface area contributed by atoms with E-state index in [0.717, 1.165) is 49.3 Å². The predicted molar refractivity (Wildman–Crippen MR) is 197 cm³/mol. The van der Waals surface area contributed by atoms with Crippen LogP contribution < -0.4 is 0 Å². The number of carbonyl (C=O) groups excluding carboxylic acids is 3. The van der Waals surface area contributed by atoms with E-state index in [1.165, 1.54) is 103 Å². The van der Waals surface area contributed by atoms with E-state index in [0.29, 0.717) is 18.4 Å². The quantitative estimate of drug-likeness (QED) is 0.0469. The molecule has 2 aromatic carbocycles. The Balaban J connectivity index is 1.72. The molecule has 1 unspecified atom stereocenters. The SMILES string of the molecule is CCCCCCCCCCCCCC(=O)OCC(COC(=O)c1cccc2ccccc12)OC(=O)CCCCCCCCCCCCC. The number of esters is 3. The number of hydrogen-bond acceptors (Lipinski definition) is 6. The van der Waals surface area contributed by atoms with Gasteiger partial charge in [-0.15, -0.1) is 0 Å². The highest BCUT2D eigenvalue weighted by Gasteiger charge is 2.21. The van der Waals surface area contributed by atoms with E-state index in [-0.39, 0.29) is 25.2 Å². The standard InChI is InChI=1S/C42H66O6/c1-3-5-7-9-11-13-15-17-19-21-23-32-40(43)46-34-37(35-47-42(45)39-31-27-29-36-28-25-26-30-38(36)39)48-41(44)33-24-22-20-18-16-14-12-10-8-6-4-2/h25-31,37H,3-24,32-35H2,1-2H3. The Kier molecular flexibility index (Phi) is 24.1. The Labute approximate surface area is 292 Å². The molecule has 0 N–H and O–H groups in total. The molecule has 6 heteroatoms. The van der Waals surface area contributed by atoms with Gasteiger partial charge in [0.2, 0.25) is 0 Å². The monoisotopic (exact) mass is 666 g/mol. The van der Waals surface area contributed by atoms with Gasteiger partial charge in [-0.25, -0.2) is 4.79 Å². The third-order valence-corrected chi connectivity index (χ3v) is 9.11. The fourth-order valence-electron chi connectivity index (χ4n) is 6.14. The van der Waals surface area contributed by atoms with E-state index in [2.05, 4.69) is 13.8 Å². The van der Waals surface area contributed by atoms with Gasteiger partial charge in [0.05, 0.1) is 5.56 Å². The van der Waals surface area contributed by atoms with Crippen molar-refractivity contribution in [3.63, 3.8) is 0 Å². The molecule has 0 heterocycles. The van der Waals surface area contributed by atoms with Crippen LogP contribution in [0.5, 0.6) is 0 Å². The van der Waals surface area contributed by atoms with Crippen molar-refractivity contribution in [3.8, 4) is 0 Å². The lowest BCUT2D eigenvalue weighted by Gasteiger charge is -2.18. The van der Waals surface area contributed by atoms with Gasteiger partial charge in [-0.2, -0.15) is 0 Å². The number of hydrogen-bond donors (Lipinski definition) is 0. The van der Waals surface area contributed by atoms with Crippen molar-refractivity contribution in [2.24, 2.45) is 0 Å². The minimum absolute atomic E-state index is 0.121. The molecule has 2 aromatic rings. The molecular formula is C42H66O6. The van der Waals surface area contributed by atoms with Gasteiger partial charge < -0.3 is 14.2 Å². The molecule has 1 atom stereocenters. The molecule has 0 radical (unpaired) electrons. The number of carbonyl (C=O) groups is 3. The topological polar surface area (TPSA) is 78.9 Å². The van der Waals surface area contributed by atoms with Gasteiger partial charge in [0.25, 0.3) is 0 Å². The number of rotatable bonds is 30. The summed E-state index contributed by atoms with van der Waals surface area (Å²) in [6, 6.07) is 13.1. The molecule has 0 saturated carbocycles. The zero-order valence-electron chi connectivity index (χ0n) is 30.5. The number of fused-ring (bicyclic) bond motifs is 1. The van der Waals surface area contributed by atoms with Gasteiger partial charge in [0.1, 0.15) is 13.2 Å². The molecule has 0 spiro atoms. The van der Waals surface area contributed by atoms with E-state index in [1.807, 2.05) is 36.4 Å². The molecule has 0 aromatic heterocycles. The minimum Gasteiger partial charge on any atom is -0.462 e. The molecule has 0 aliphatic rings. The van der Waals surface area contributed by atoms with E-state index in [1.54, 1.807) is 6.07 Å². The highest BCUT2D eigenvalue weighted by atomic mass is 16.6. The van der Waals surface area contributed by atoms with Crippen LogP contribution in [0, 0.1) is 0 Å². The number of benzene rings is 2. The van der Waals surface area contributed by atoms with Crippen LogP contribution in [0.15, 0.2) is 42.5 Å². The first-order valence-electron chi connectivity index (χ1n) is 19.5. The molecule has 6 nitrogen and oxygen atoms in total. The lowest BCUT2D eigenvalue weighted by atomic mass is 10.0. The average molecular weight is 667 g/mol. The first-order valence-corrected chi connectivity index (χ1v) is 19.5. The van der Waals surface area contributed by atoms with Gasteiger partial charge in [0, 0.05) is 12.8 Å². The van der Waals surface area contributed by atoms with Crippen LogP contribution in [0.1, 0.15) is 178 Å². The van der Waals surface area contributed by atoms with Gasteiger partial charge in [0.15, 0.2) is 6.10 Å². The van der Waals surface area contributed by atoms with Crippen molar-refractivity contribution in [2.45, 2.75) is 174 Å². The molecule has 0 fully saturated rings. The largest absolute Gasteiger partial charge is 0.462 e. The zero-order valence-corrected chi connectivity index (χ0v) is 30.5. The fraction of sp³-hybridized carbons (Fsp3) is 0.690. The number of ether oxygens (including phenoxy) is 3. The van der Waals surface area contributed by atoms with Crippen molar-refractivity contribution in [1.82, 2.24) is 0 Å². The summed E-state index contributed by atoms with van der Waals surface area (Å²) in [7, 11) is 0. The predicted octanol–water partition coefficient (Wildman–Crippen LogP) is 11.9. The lowest BCUT2D eigenvalue weighted by molar-refractivity contribution is -0.161. The molecule has 48 heavy (non-hydrogen) atoms. The van der Waals surface area contributed by atoms with Crippen LogP contribution in [0.25, 0.3) is 10.8 Å². The van der Waals surface area contributed by atoms with Crippen LogP contribution in [-0.2, 0) is 23.8 Å². The molecule has 2 rings (SSSR count). The number of unbranched alkanes of at least 4 members (excludes halogenated alkanes) is 20. The van der Waals surface area contributed by atoms with Crippen LogP contribution in [0.2, 0.25) is 0 Å². The van der Waals surface area contributed by atoms with Crippen molar-refractivity contribution in [3.05, 3.63) is 48.0 Å². The highest BCUT2D eigenvalue weighted by Crippen LogP contribution is 2.20. The third-order valence-electron chi connectivity index (χ3n) is 9.11. The molecule has 0 saturated heterocycles. The fourth-order valence-corrected chi connectivity index (χ4v) is 6.14. The van der Waals surface area contributed by atoms with Gasteiger partial charge in [-0.05, 0) is 29.7 Å². The van der Waals surface area contributed by atoms with Crippen LogP contribution >= 0.6 is 0 Å². The maximum atomic E-state index is 13.0. The van der Waals surface area contributed by atoms with Gasteiger partial charge >= 0.3 is 17.9 Å². The Bertz CT molecular complexity index is 1120. The van der Waals surface area contributed by atoms with Crippen LogP contribution in [0.4, 0.5) is 0 Å². The maximum absolute atomic E-state index is 13.0. The summed E-state index contributed by atoms with van der Waals surface area (Å²) >= 11 is 0. The highest BCUT2D eigenvalue weighted by molar-refractivity contribution is 6.04. The molecule has 0 bridgehead atoms. The second kappa shape index (κ2) is 28.0. The van der Waals surface area contributed by atoms with Crippen molar-refractivity contribution < 1.29 is 28.6 Å². The summed E-state index contributed by atoms with van der Waals surface area (Å²) < 4.78 is 16.8. The Morgan fingerprint density at radius 2 is 0.938 bits per heavy atom. The summed E-state index contributed by atoms with van der Waals surface area (Å²) in [6.07, 6.45) is 26.4. The summed E-state index contributed by atoms with van der Waals surface area (Å²) in [5, 5.41) is 1.74. The first kappa shape index (κ1) is 41.3. The average Bonchev–Trinajstić information content (AvgIpc) is 3.10. The van der Waals surface area contributed by atoms with Crippen LogP contribution in [0.3, 0.4) is 0 Å². The Morgan fingerprint density at radius 3 is 1.48 bits per heavy atom. The Hall–Kier alpha value is -2.89. The molecule has 0 aliphatic carbocycles. The summed E-state index contributed by atoms with van der Waals surface area (Å²) in [6.45, 7) is 4.20. The molecule has 0 amide bonds. The van der Waals surface area contributed by atoms with E-state index < -0.39 is 12.1 Å². The summed E-state index contributed by atoms with van der Waals surface area (Å²) in [5.74, 6) is -1.15. The second-order valence-electron chi connectivity index (χ2n) is 13.5.